The van der Waals surface area contributed by atoms with Crippen LogP contribution >= 0.6 is 11.6 Å². The van der Waals surface area contributed by atoms with E-state index in [-0.39, 0.29) is 6.17 Å². The molecule has 3 aliphatic rings. The second-order valence-electron chi connectivity index (χ2n) is 5.96. The molecule has 0 amide bonds. The van der Waals surface area contributed by atoms with Gasteiger partial charge in [0.2, 0.25) is 0 Å². The highest BCUT2D eigenvalue weighted by Gasteiger charge is 2.32. The molecule has 0 radical (unpaired) electrons. The number of halogens is 1. The quantitative estimate of drug-likeness (QED) is 0.727. The number of aliphatic imine (C=N–C) groups is 1. The maximum absolute atomic E-state index is 6.19. The minimum absolute atomic E-state index is 0.00611. The molecule has 0 aromatic carbocycles. The van der Waals surface area contributed by atoms with Gasteiger partial charge in [0.1, 0.15) is 17.0 Å². The van der Waals surface area contributed by atoms with Crippen molar-refractivity contribution in [3.63, 3.8) is 0 Å². The summed E-state index contributed by atoms with van der Waals surface area (Å²) >= 11 is 6.19. The molecule has 1 aromatic heterocycles. The first kappa shape index (κ1) is 15.3. The lowest BCUT2D eigenvalue weighted by atomic mass is 9.99. The van der Waals surface area contributed by atoms with Gasteiger partial charge in [-0.2, -0.15) is 5.11 Å². The van der Waals surface area contributed by atoms with Crippen LogP contribution in [-0.4, -0.2) is 16.9 Å². The fourth-order valence-corrected chi connectivity index (χ4v) is 3.32. The highest BCUT2D eigenvalue weighted by atomic mass is 35.5. The normalized spacial score (nSPS) is 21.7. The van der Waals surface area contributed by atoms with E-state index in [9.17, 15) is 0 Å². The molecule has 1 unspecified atom stereocenters. The fraction of sp³-hybridized carbons (Fsp3) is 0.333. The van der Waals surface area contributed by atoms with E-state index >= 15 is 0 Å². The summed E-state index contributed by atoms with van der Waals surface area (Å²) in [5, 5.41) is 9.18. The van der Waals surface area contributed by atoms with Crippen molar-refractivity contribution in [2.24, 2.45) is 15.2 Å². The lowest BCUT2D eigenvalue weighted by Gasteiger charge is -2.25. The van der Waals surface area contributed by atoms with Crippen LogP contribution in [0.5, 0.6) is 0 Å². The maximum Gasteiger partial charge on any atom is 0.175 e. The van der Waals surface area contributed by atoms with Crippen LogP contribution < -0.4 is 4.90 Å². The molecule has 24 heavy (non-hydrogen) atoms. The third-order valence-corrected chi connectivity index (χ3v) is 4.50. The lowest BCUT2D eigenvalue weighted by Crippen LogP contribution is -2.29. The number of hydrogen-bond acceptors (Lipinski definition) is 5. The summed E-state index contributed by atoms with van der Waals surface area (Å²) in [6.07, 6.45) is 12.3. The van der Waals surface area contributed by atoms with Gasteiger partial charge in [0.05, 0.1) is 17.6 Å². The molecule has 0 N–H and O–H groups in total. The van der Waals surface area contributed by atoms with Gasteiger partial charge in [-0.05, 0) is 37.0 Å². The summed E-state index contributed by atoms with van der Waals surface area (Å²) in [4.78, 5) is 11.4. The molecule has 122 valence electrons. The van der Waals surface area contributed by atoms with Crippen LogP contribution in [0, 0.1) is 0 Å². The van der Waals surface area contributed by atoms with E-state index in [0.29, 0.717) is 5.15 Å². The number of azo groups is 1. The van der Waals surface area contributed by atoms with Gasteiger partial charge in [-0.25, -0.2) is 9.98 Å². The van der Waals surface area contributed by atoms with Gasteiger partial charge in [0.15, 0.2) is 5.82 Å². The highest BCUT2D eigenvalue weighted by molar-refractivity contribution is 6.30. The minimum Gasteiger partial charge on any atom is -0.297 e. The molecule has 0 saturated carbocycles. The largest absolute Gasteiger partial charge is 0.297 e. The Morgan fingerprint density at radius 3 is 3.00 bits per heavy atom. The number of anilines is 1. The number of nitrogens with zero attached hydrogens (tertiary/aromatic N) is 5. The molecular formula is C18H18ClN5. The van der Waals surface area contributed by atoms with Crippen LogP contribution in [0.15, 0.2) is 63.2 Å². The van der Waals surface area contributed by atoms with Crippen LogP contribution in [0.2, 0.25) is 5.15 Å². The van der Waals surface area contributed by atoms with Gasteiger partial charge in [-0.3, -0.25) is 4.90 Å². The molecule has 0 saturated heterocycles. The molecule has 1 atom stereocenters. The van der Waals surface area contributed by atoms with Crippen molar-refractivity contribution >= 4 is 23.0 Å². The first-order valence-electron chi connectivity index (χ1n) is 8.30. The average molecular weight is 340 g/mol. The molecule has 0 spiro atoms. The molecule has 5 nitrogen and oxygen atoms in total. The predicted molar refractivity (Wildman–Crippen MR) is 96.4 cm³/mol. The van der Waals surface area contributed by atoms with Crippen molar-refractivity contribution in [1.82, 2.24) is 4.98 Å². The standard InChI is InChI=1S/C18H18ClN5/c1-2-6-15-22-23-16-11-20-17(12-7-4-3-5-8-12)18-13(24(15)16)9-10-14(19)21-18/h4,7-11,15H,2-3,5-6H2,1H3. The van der Waals surface area contributed by atoms with Crippen LogP contribution in [0.3, 0.4) is 0 Å². The molecule has 6 heteroatoms. The third-order valence-electron chi connectivity index (χ3n) is 4.29. The van der Waals surface area contributed by atoms with Gasteiger partial charge in [0, 0.05) is 0 Å². The Morgan fingerprint density at radius 2 is 2.21 bits per heavy atom. The van der Waals surface area contributed by atoms with Gasteiger partial charge < -0.3 is 0 Å². The second kappa shape index (κ2) is 6.32. The van der Waals surface area contributed by atoms with E-state index in [1.54, 1.807) is 6.20 Å². The molecule has 1 aromatic rings. The third kappa shape index (κ3) is 2.59. The molecule has 1 aliphatic carbocycles. The Bertz CT molecular complexity index is 819. The highest BCUT2D eigenvalue weighted by Crippen LogP contribution is 2.37. The monoisotopic (exact) mass is 339 g/mol. The Kier molecular flexibility index (Phi) is 4.02. The zero-order valence-corrected chi connectivity index (χ0v) is 14.2. The van der Waals surface area contributed by atoms with E-state index in [0.717, 1.165) is 54.2 Å². The minimum atomic E-state index is -0.00611. The first-order valence-corrected chi connectivity index (χ1v) is 8.68. The lowest BCUT2D eigenvalue weighted by molar-refractivity contribution is 0.617. The molecule has 0 bridgehead atoms. The Morgan fingerprint density at radius 1 is 1.29 bits per heavy atom. The predicted octanol–water partition coefficient (Wildman–Crippen LogP) is 5.01. The van der Waals surface area contributed by atoms with Crippen LogP contribution in [-0.2, 0) is 0 Å². The Labute approximate surface area is 146 Å². The van der Waals surface area contributed by atoms with Crippen LogP contribution in [0.4, 0.5) is 5.69 Å². The SMILES string of the molecule is CCCC1N=NC2=CN=C(C3=CCCC=C3)c3nc(Cl)ccc3N21. The zero-order chi connectivity index (χ0) is 16.5. The van der Waals surface area contributed by atoms with E-state index < -0.39 is 0 Å². The summed E-state index contributed by atoms with van der Waals surface area (Å²) in [5.74, 6) is 0.759. The van der Waals surface area contributed by atoms with Gasteiger partial charge in [0.25, 0.3) is 0 Å². The number of fused-ring (bicyclic) bond motifs is 3. The molecule has 2 aliphatic heterocycles. The number of hydrogen-bond donors (Lipinski definition) is 0. The Balaban J connectivity index is 1.86. The van der Waals surface area contributed by atoms with Gasteiger partial charge in [-0.15, -0.1) is 5.11 Å². The molecule has 3 heterocycles. The molecule has 0 fully saturated rings. The van der Waals surface area contributed by atoms with E-state index in [4.69, 9.17) is 11.6 Å². The molecular weight excluding hydrogens is 322 g/mol. The van der Waals surface area contributed by atoms with E-state index in [1.165, 1.54) is 0 Å². The number of pyridine rings is 1. The van der Waals surface area contributed by atoms with E-state index in [2.05, 4.69) is 50.3 Å². The zero-order valence-electron chi connectivity index (χ0n) is 13.5. The summed E-state index contributed by atoms with van der Waals surface area (Å²) in [6.45, 7) is 2.15. The number of rotatable bonds is 3. The summed E-state index contributed by atoms with van der Waals surface area (Å²) < 4.78 is 0. The topological polar surface area (TPSA) is 53.2 Å². The van der Waals surface area contributed by atoms with Gasteiger partial charge >= 0.3 is 0 Å². The number of allylic oxidation sites excluding steroid dienone is 4. The average Bonchev–Trinajstić information content (AvgIpc) is 2.92. The van der Waals surface area contributed by atoms with E-state index in [1.807, 2.05) is 12.1 Å². The second-order valence-corrected chi connectivity index (χ2v) is 6.35. The number of aromatic nitrogens is 1. The fourth-order valence-electron chi connectivity index (χ4n) is 3.18. The van der Waals surface area contributed by atoms with Crippen molar-refractivity contribution in [1.29, 1.82) is 0 Å². The van der Waals surface area contributed by atoms with Crippen molar-refractivity contribution in [3.8, 4) is 0 Å². The van der Waals surface area contributed by atoms with Gasteiger partial charge in [-0.1, -0.05) is 43.2 Å². The summed E-state index contributed by atoms with van der Waals surface area (Å²) in [5.41, 5.74) is 3.68. The van der Waals surface area contributed by atoms with Crippen molar-refractivity contribution in [2.75, 3.05) is 4.90 Å². The smallest absolute Gasteiger partial charge is 0.175 e. The van der Waals surface area contributed by atoms with Crippen LogP contribution in [0.25, 0.3) is 0 Å². The first-order chi connectivity index (χ1) is 11.8. The molecule has 4 rings (SSSR count). The maximum atomic E-state index is 6.19. The summed E-state index contributed by atoms with van der Waals surface area (Å²) in [7, 11) is 0. The summed E-state index contributed by atoms with van der Waals surface area (Å²) in [6, 6.07) is 3.80. The van der Waals surface area contributed by atoms with Crippen molar-refractivity contribution < 1.29 is 0 Å². The van der Waals surface area contributed by atoms with Crippen molar-refractivity contribution in [3.05, 3.63) is 58.8 Å². The Hall–Kier alpha value is -2.27. The van der Waals surface area contributed by atoms with Crippen molar-refractivity contribution in [2.45, 2.75) is 38.8 Å². The van der Waals surface area contributed by atoms with Crippen LogP contribution in [0.1, 0.15) is 38.3 Å².